The van der Waals surface area contributed by atoms with Crippen molar-refractivity contribution in [3.05, 3.63) is 106 Å². The van der Waals surface area contributed by atoms with Crippen LogP contribution in [0.4, 0.5) is 4.39 Å². The van der Waals surface area contributed by atoms with Gasteiger partial charge in [0.05, 0.1) is 18.4 Å². The molecule has 172 valence electrons. The van der Waals surface area contributed by atoms with Crippen LogP contribution in [0.25, 0.3) is 28.2 Å². The predicted molar refractivity (Wildman–Crippen MR) is 133 cm³/mol. The van der Waals surface area contributed by atoms with Crippen molar-refractivity contribution in [3.8, 4) is 5.75 Å². The number of halogens is 2. The third kappa shape index (κ3) is 4.61. The molecule has 34 heavy (non-hydrogen) atoms. The van der Waals surface area contributed by atoms with Crippen molar-refractivity contribution in [1.82, 2.24) is 0 Å². The zero-order chi connectivity index (χ0) is 24.2. The molecule has 0 unspecified atom stereocenters. The zero-order valence-corrected chi connectivity index (χ0v) is 19.4. The van der Waals surface area contributed by atoms with Crippen LogP contribution in [-0.2, 0) is 4.79 Å². The van der Waals surface area contributed by atoms with Gasteiger partial charge < -0.3 is 14.3 Å². The first kappa shape index (κ1) is 23.3. The van der Waals surface area contributed by atoms with Gasteiger partial charge in [0.25, 0.3) is 0 Å². The van der Waals surface area contributed by atoms with Crippen molar-refractivity contribution in [2.75, 3.05) is 7.11 Å². The summed E-state index contributed by atoms with van der Waals surface area (Å²) < 4.78 is 25.2. The minimum absolute atomic E-state index is 0.320. The number of furan rings is 1. The summed E-state index contributed by atoms with van der Waals surface area (Å²) in [5, 5.41) is 10.1. The maximum Gasteiger partial charge on any atom is 0.328 e. The lowest BCUT2D eigenvalue weighted by molar-refractivity contribution is -0.131. The van der Waals surface area contributed by atoms with Crippen LogP contribution < -0.4 is 4.74 Å². The monoisotopic (exact) mass is 476 g/mol. The summed E-state index contributed by atoms with van der Waals surface area (Å²) in [6.45, 7) is 2.02. The molecule has 0 aliphatic carbocycles. The number of benzene rings is 3. The Kier molecular flexibility index (Phi) is 6.85. The molecule has 0 atom stereocenters. The quantitative estimate of drug-likeness (QED) is 0.219. The van der Waals surface area contributed by atoms with Gasteiger partial charge in [-0.2, -0.15) is 0 Å². The number of rotatable bonds is 7. The molecule has 4 aromatic rings. The Hall–Kier alpha value is -3.83. The average Bonchev–Trinajstić information content (AvgIpc) is 3.26. The normalized spacial score (nSPS) is 12.2. The van der Waals surface area contributed by atoms with Crippen LogP contribution in [0.5, 0.6) is 5.75 Å². The van der Waals surface area contributed by atoms with Gasteiger partial charge in [-0.25, -0.2) is 9.18 Å². The first-order valence-electron chi connectivity index (χ1n) is 10.7. The van der Waals surface area contributed by atoms with E-state index < -0.39 is 11.8 Å². The number of hydrogen-bond donors (Lipinski definition) is 1. The van der Waals surface area contributed by atoms with Crippen LogP contribution >= 0.6 is 11.6 Å². The van der Waals surface area contributed by atoms with Crippen LogP contribution in [0.1, 0.15) is 35.6 Å². The highest BCUT2D eigenvalue weighted by Crippen LogP contribution is 2.42. The standard InChI is InChI=1S/C28H22ClFO4/c1-3-20(21-13-12-19(30)15-24(21)29)27(18-10-7-17(8-11-18)9-14-26(31)32)23-16-34-28-22(23)5-4-6-25(28)33-2/h4-16H,3H2,1-2H3,(H,31,32). The summed E-state index contributed by atoms with van der Waals surface area (Å²) in [5.74, 6) is -0.795. The molecule has 0 radical (unpaired) electrons. The molecule has 1 heterocycles. The zero-order valence-electron chi connectivity index (χ0n) is 18.6. The van der Waals surface area contributed by atoms with Crippen molar-refractivity contribution in [1.29, 1.82) is 0 Å². The number of carbonyl (C=O) groups is 1. The molecule has 4 nitrogen and oxygen atoms in total. The smallest absolute Gasteiger partial charge is 0.328 e. The topological polar surface area (TPSA) is 59.7 Å². The molecule has 3 aromatic carbocycles. The molecule has 1 N–H and O–H groups in total. The van der Waals surface area contributed by atoms with Gasteiger partial charge in [-0.3, -0.25) is 0 Å². The second-order valence-corrected chi connectivity index (χ2v) is 8.02. The van der Waals surface area contributed by atoms with Crippen molar-refractivity contribution in [2.24, 2.45) is 0 Å². The predicted octanol–water partition coefficient (Wildman–Crippen LogP) is 7.70. The highest BCUT2D eigenvalue weighted by atomic mass is 35.5. The van der Waals surface area contributed by atoms with Crippen molar-refractivity contribution in [2.45, 2.75) is 13.3 Å². The Balaban J connectivity index is 1.99. The Morgan fingerprint density at radius 1 is 1.12 bits per heavy atom. The highest BCUT2D eigenvalue weighted by molar-refractivity contribution is 6.32. The van der Waals surface area contributed by atoms with Crippen LogP contribution in [-0.4, -0.2) is 18.2 Å². The molecule has 0 amide bonds. The fourth-order valence-corrected chi connectivity index (χ4v) is 4.32. The third-order valence-electron chi connectivity index (χ3n) is 5.58. The molecule has 0 fully saturated rings. The minimum Gasteiger partial charge on any atom is -0.493 e. The summed E-state index contributed by atoms with van der Waals surface area (Å²) in [6.07, 6.45) is 4.94. The fraction of sp³-hybridized carbons (Fsp3) is 0.107. The first-order valence-corrected chi connectivity index (χ1v) is 11.0. The molecule has 0 saturated carbocycles. The van der Waals surface area contributed by atoms with Gasteiger partial charge in [-0.1, -0.05) is 61.0 Å². The van der Waals surface area contributed by atoms with Gasteiger partial charge in [0.2, 0.25) is 0 Å². The molecule has 0 saturated heterocycles. The lowest BCUT2D eigenvalue weighted by Crippen LogP contribution is -1.96. The van der Waals surface area contributed by atoms with E-state index in [-0.39, 0.29) is 0 Å². The maximum atomic E-state index is 13.8. The molecular formula is C28H22ClFO4. The molecule has 0 aliphatic heterocycles. The second-order valence-electron chi connectivity index (χ2n) is 7.61. The first-order chi connectivity index (χ1) is 16.4. The largest absolute Gasteiger partial charge is 0.493 e. The van der Waals surface area contributed by atoms with E-state index in [1.807, 2.05) is 49.4 Å². The lowest BCUT2D eigenvalue weighted by Gasteiger charge is -2.16. The maximum absolute atomic E-state index is 13.8. The Morgan fingerprint density at radius 2 is 1.88 bits per heavy atom. The van der Waals surface area contributed by atoms with Gasteiger partial charge in [0.1, 0.15) is 5.82 Å². The summed E-state index contributed by atoms with van der Waals surface area (Å²) >= 11 is 6.48. The van der Waals surface area contributed by atoms with Gasteiger partial charge in [-0.05, 0) is 58.5 Å². The van der Waals surface area contributed by atoms with Crippen molar-refractivity contribution in [3.63, 3.8) is 0 Å². The number of methoxy groups -OCH3 is 1. The van der Waals surface area contributed by atoms with Crippen molar-refractivity contribution < 1.29 is 23.4 Å². The summed E-state index contributed by atoms with van der Waals surface area (Å²) in [5.41, 5.74) is 5.64. The number of carboxylic acids is 1. The Bertz CT molecular complexity index is 1410. The van der Waals surface area contributed by atoms with Crippen LogP contribution in [0, 0.1) is 5.82 Å². The number of ether oxygens (including phenoxy) is 1. The lowest BCUT2D eigenvalue weighted by atomic mass is 9.87. The number of allylic oxidation sites excluding steroid dienone is 1. The number of fused-ring (bicyclic) bond motifs is 1. The van der Waals surface area contributed by atoms with Crippen LogP contribution in [0.3, 0.4) is 0 Å². The SMILES string of the molecule is CCC(=C(c1ccc(C=CC(=O)O)cc1)c1coc2c(OC)cccc12)c1ccc(F)cc1Cl. The molecule has 0 spiro atoms. The van der Waals surface area contributed by atoms with Crippen LogP contribution in [0.2, 0.25) is 5.02 Å². The molecule has 6 heteroatoms. The molecular weight excluding hydrogens is 455 g/mol. The Labute approximate surface area is 201 Å². The van der Waals surface area contributed by atoms with Gasteiger partial charge in [0.15, 0.2) is 11.3 Å². The number of hydrogen-bond acceptors (Lipinski definition) is 3. The summed E-state index contributed by atoms with van der Waals surface area (Å²) in [6, 6.07) is 17.6. The third-order valence-corrected chi connectivity index (χ3v) is 5.89. The van der Waals surface area contributed by atoms with Crippen LogP contribution in [0.15, 0.2) is 77.4 Å². The number of carboxylic acid groups (broad SMARTS) is 1. The number of para-hydroxylation sites is 1. The van der Waals surface area contributed by atoms with E-state index in [4.69, 9.17) is 25.9 Å². The van der Waals surface area contributed by atoms with E-state index in [2.05, 4.69) is 0 Å². The molecule has 1 aromatic heterocycles. The average molecular weight is 477 g/mol. The van der Waals surface area contributed by atoms with Gasteiger partial charge in [-0.15, -0.1) is 0 Å². The summed E-state index contributed by atoms with van der Waals surface area (Å²) in [7, 11) is 1.59. The van der Waals surface area contributed by atoms with Gasteiger partial charge >= 0.3 is 5.97 Å². The molecule has 0 aliphatic rings. The van der Waals surface area contributed by atoms with E-state index in [1.165, 1.54) is 18.2 Å². The van der Waals surface area contributed by atoms with E-state index in [0.29, 0.717) is 22.8 Å². The van der Waals surface area contributed by atoms with Gasteiger partial charge in [0, 0.05) is 17.0 Å². The van der Waals surface area contributed by atoms with E-state index in [0.717, 1.165) is 44.9 Å². The van der Waals surface area contributed by atoms with E-state index in [9.17, 15) is 9.18 Å². The van der Waals surface area contributed by atoms with E-state index in [1.54, 1.807) is 19.4 Å². The molecule has 4 rings (SSSR count). The number of aliphatic carboxylic acids is 1. The van der Waals surface area contributed by atoms with E-state index >= 15 is 0 Å². The molecule has 0 bridgehead atoms. The second kappa shape index (κ2) is 9.98. The van der Waals surface area contributed by atoms with Crippen molar-refractivity contribution >= 4 is 45.8 Å². The Morgan fingerprint density at radius 3 is 2.53 bits per heavy atom. The minimum atomic E-state index is -1.01. The highest BCUT2D eigenvalue weighted by Gasteiger charge is 2.20. The summed E-state index contributed by atoms with van der Waals surface area (Å²) in [4.78, 5) is 10.9. The fourth-order valence-electron chi connectivity index (χ4n) is 4.04.